The van der Waals surface area contributed by atoms with Gasteiger partial charge in [0.2, 0.25) is 0 Å². The number of rotatable bonds is 2. The first-order chi connectivity index (χ1) is 9.00. The first-order valence-electron chi connectivity index (χ1n) is 6.52. The molecule has 1 fully saturated rings. The average Bonchev–Trinajstić information content (AvgIpc) is 2.40. The van der Waals surface area contributed by atoms with Crippen molar-refractivity contribution in [2.45, 2.75) is 38.3 Å². The molecule has 1 aliphatic rings. The quantitative estimate of drug-likeness (QED) is 0.730. The third kappa shape index (κ3) is 4.00. The SMILES string of the molecule is CC(N)C1CCCCN1C(=O)c1cc(Cl)ccc1I.Cl. The molecule has 0 radical (unpaired) electrons. The van der Waals surface area contributed by atoms with Crippen molar-refractivity contribution in [2.24, 2.45) is 5.73 Å². The molecule has 0 spiro atoms. The highest BCUT2D eigenvalue weighted by molar-refractivity contribution is 14.1. The zero-order valence-corrected chi connectivity index (χ0v) is 15.0. The second-order valence-corrected chi connectivity index (χ2v) is 6.64. The van der Waals surface area contributed by atoms with E-state index in [1.165, 1.54) is 0 Å². The minimum absolute atomic E-state index is 0. The van der Waals surface area contributed by atoms with Crippen LogP contribution in [-0.2, 0) is 0 Å². The van der Waals surface area contributed by atoms with Crippen molar-refractivity contribution < 1.29 is 4.79 Å². The van der Waals surface area contributed by atoms with Crippen LogP contribution in [0.1, 0.15) is 36.5 Å². The van der Waals surface area contributed by atoms with E-state index in [9.17, 15) is 4.79 Å². The van der Waals surface area contributed by atoms with Crippen LogP contribution in [0.2, 0.25) is 5.02 Å². The molecular formula is C14H19Cl2IN2O. The number of hydrogen-bond acceptors (Lipinski definition) is 2. The smallest absolute Gasteiger partial charge is 0.255 e. The van der Waals surface area contributed by atoms with Gasteiger partial charge in [0.25, 0.3) is 5.91 Å². The van der Waals surface area contributed by atoms with E-state index in [0.717, 1.165) is 29.4 Å². The molecule has 1 aliphatic heterocycles. The Kier molecular flexibility index (Phi) is 7.04. The summed E-state index contributed by atoms with van der Waals surface area (Å²) in [4.78, 5) is 14.6. The number of benzene rings is 1. The number of nitrogens with zero attached hydrogens (tertiary/aromatic N) is 1. The van der Waals surface area contributed by atoms with Gasteiger partial charge in [0, 0.05) is 27.2 Å². The fourth-order valence-corrected chi connectivity index (χ4v) is 3.31. The van der Waals surface area contributed by atoms with E-state index >= 15 is 0 Å². The first-order valence-corrected chi connectivity index (χ1v) is 7.98. The average molecular weight is 429 g/mol. The Morgan fingerprint density at radius 3 is 2.85 bits per heavy atom. The molecular weight excluding hydrogens is 410 g/mol. The van der Waals surface area contributed by atoms with Crippen molar-refractivity contribution in [3.05, 3.63) is 32.4 Å². The van der Waals surface area contributed by atoms with Gasteiger partial charge in [-0.25, -0.2) is 0 Å². The predicted molar refractivity (Wildman–Crippen MR) is 93.7 cm³/mol. The molecule has 112 valence electrons. The summed E-state index contributed by atoms with van der Waals surface area (Å²) in [5, 5.41) is 0.595. The number of nitrogens with two attached hydrogens (primary N) is 1. The molecule has 2 N–H and O–H groups in total. The van der Waals surface area contributed by atoms with Crippen molar-refractivity contribution in [1.82, 2.24) is 4.90 Å². The normalized spacial score (nSPS) is 20.2. The van der Waals surface area contributed by atoms with Gasteiger partial charge in [0.1, 0.15) is 0 Å². The number of carbonyl (C=O) groups excluding carboxylic acids is 1. The Bertz CT molecular complexity index is 482. The minimum atomic E-state index is 0. The van der Waals surface area contributed by atoms with E-state index in [0.29, 0.717) is 10.6 Å². The van der Waals surface area contributed by atoms with Crippen LogP contribution in [0, 0.1) is 3.57 Å². The highest BCUT2D eigenvalue weighted by Crippen LogP contribution is 2.25. The molecule has 2 atom stereocenters. The van der Waals surface area contributed by atoms with Crippen LogP contribution in [0.4, 0.5) is 0 Å². The molecule has 2 rings (SSSR count). The molecule has 0 aromatic heterocycles. The van der Waals surface area contributed by atoms with Crippen LogP contribution in [0.15, 0.2) is 18.2 Å². The van der Waals surface area contributed by atoms with Crippen molar-refractivity contribution >= 4 is 52.5 Å². The Hall–Kier alpha value is -0.0400. The van der Waals surface area contributed by atoms with E-state index in [1.807, 2.05) is 17.9 Å². The summed E-state index contributed by atoms with van der Waals surface area (Å²) in [5.41, 5.74) is 6.70. The summed E-state index contributed by atoms with van der Waals surface area (Å²) >= 11 is 8.18. The molecule has 0 bridgehead atoms. The van der Waals surface area contributed by atoms with Gasteiger partial charge in [-0.3, -0.25) is 4.79 Å². The number of carbonyl (C=O) groups is 1. The van der Waals surface area contributed by atoms with Crippen LogP contribution >= 0.6 is 46.6 Å². The molecule has 0 aliphatic carbocycles. The fourth-order valence-electron chi connectivity index (χ4n) is 2.57. The third-order valence-corrected chi connectivity index (χ3v) is 4.75. The van der Waals surface area contributed by atoms with Crippen LogP contribution in [-0.4, -0.2) is 29.4 Å². The molecule has 1 amide bonds. The number of piperidine rings is 1. The molecule has 1 heterocycles. The Labute approximate surface area is 144 Å². The maximum atomic E-state index is 12.7. The molecule has 1 aromatic rings. The summed E-state index contributed by atoms with van der Waals surface area (Å²) in [7, 11) is 0. The summed E-state index contributed by atoms with van der Waals surface area (Å²) in [6.45, 7) is 2.76. The van der Waals surface area contributed by atoms with E-state index in [-0.39, 0.29) is 30.4 Å². The molecule has 3 nitrogen and oxygen atoms in total. The molecule has 2 unspecified atom stereocenters. The van der Waals surface area contributed by atoms with Gasteiger partial charge in [-0.15, -0.1) is 12.4 Å². The van der Waals surface area contributed by atoms with Crippen LogP contribution in [0.5, 0.6) is 0 Å². The topological polar surface area (TPSA) is 46.3 Å². The lowest BCUT2D eigenvalue weighted by Crippen LogP contribution is -2.51. The Balaban J connectivity index is 0.00000200. The highest BCUT2D eigenvalue weighted by atomic mass is 127. The van der Waals surface area contributed by atoms with Crippen molar-refractivity contribution in [3.63, 3.8) is 0 Å². The third-order valence-electron chi connectivity index (χ3n) is 3.58. The van der Waals surface area contributed by atoms with Gasteiger partial charge in [-0.1, -0.05) is 11.6 Å². The maximum Gasteiger partial charge on any atom is 0.255 e. The monoisotopic (exact) mass is 428 g/mol. The van der Waals surface area contributed by atoms with Gasteiger partial charge in [-0.2, -0.15) is 0 Å². The number of hydrogen-bond donors (Lipinski definition) is 1. The summed E-state index contributed by atoms with van der Waals surface area (Å²) in [6.07, 6.45) is 3.18. The molecule has 0 saturated carbocycles. The van der Waals surface area contributed by atoms with E-state index in [4.69, 9.17) is 17.3 Å². The molecule has 1 aromatic carbocycles. The standard InChI is InChI=1S/C14H18ClIN2O.ClH/c1-9(17)13-4-2-3-7-18(13)14(19)11-8-10(15)5-6-12(11)16;/h5-6,8-9,13H,2-4,7,17H2,1H3;1H. The van der Waals surface area contributed by atoms with Crippen molar-refractivity contribution in [1.29, 1.82) is 0 Å². The van der Waals surface area contributed by atoms with E-state index < -0.39 is 0 Å². The minimum Gasteiger partial charge on any atom is -0.334 e. The van der Waals surface area contributed by atoms with E-state index in [1.54, 1.807) is 12.1 Å². The molecule has 1 saturated heterocycles. The second kappa shape index (κ2) is 7.82. The number of likely N-dealkylation sites (tertiary alicyclic amines) is 1. The van der Waals surface area contributed by atoms with Crippen molar-refractivity contribution in [2.75, 3.05) is 6.54 Å². The predicted octanol–water partition coefficient (Wildman–Crippen LogP) is 3.71. The zero-order valence-electron chi connectivity index (χ0n) is 11.3. The van der Waals surface area contributed by atoms with Gasteiger partial charge in [-0.05, 0) is 67.0 Å². The van der Waals surface area contributed by atoms with Crippen LogP contribution < -0.4 is 5.73 Å². The van der Waals surface area contributed by atoms with E-state index in [2.05, 4.69) is 22.6 Å². The Morgan fingerprint density at radius 1 is 1.50 bits per heavy atom. The van der Waals surface area contributed by atoms with Gasteiger partial charge < -0.3 is 10.6 Å². The van der Waals surface area contributed by atoms with Crippen LogP contribution in [0.3, 0.4) is 0 Å². The van der Waals surface area contributed by atoms with Gasteiger partial charge >= 0.3 is 0 Å². The lowest BCUT2D eigenvalue weighted by atomic mass is 9.96. The lowest BCUT2D eigenvalue weighted by Gasteiger charge is -2.38. The van der Waals surface area contributed by atoms with Crippen molar-refractivity contribution in [3.8, 4) is 0 Å². The van der Waals surface area contributed by atoms with Gasteiger partial charge in [0.15, 0.2) is 0 Å². The molecule has 20 heavy (non-hydrogen) atoms. The number of amides is 1. The second-order valence-electron chi connectivity index (χ2n) is 5.04. The highest BCUT2D eigenvalue weighted by Gasteiger charge is 2.30. The summed E-state index contributed by atoms with van der Waals surface area (Å²) in [5.74, 6) is 0.0499. The zero-order chi connectivity index (χ0) is 14.0. The summed E-state index contributed by atoms with van der Waals surface area (Å²) in [6, 6.07) is 5.57. The fraction of sp³-hybridized carbons (Fsp3) is 0.500. The molecule has 6 heteroatoms. The number of halogens is 3. The lowest BCUT2D eigenvalue weighted by molar-refractivity contribution is 0.0582. The van der Waals surface area contributed by atoms with Gasteiger partial charge in [0.05, 0.1) is 5.56 Å². The Morgan fingerprint density at radius 2 is 2.20 bits per heavy atom. The maximum absolute atomic E-state index is 12.7. The first kappa shape index (κ1) is 18.0. The largest absolute Gasteiger partial charge is 0.334 e. The van der Waals surface area contributed by atoms with Crippen LogP contribution in [0.25, 0.3) is 0 Å². The summed E-state index contributed by atoms with van der Waals surface area (Å²) < 4.78 is 0.931.